The first kappa shape index (κ1) is 10.9. The third-order valence-corrected chi connectivity index (χ3v) is 3.26. The molecular formula is C10H17NO4. The van der Waals surface area contributed by atoms with Crippen LogP contribution in [-0.2, 0) is 9.53 Å². The SMILES string of the molecule is O=C(O)C1CC(O)CN1C1CCOCC1. The molecule has 0 aromatic heterocycles. The number of β-amino-alcohol motifs (C(OH)–C–C–N with tert-alkyl or cyclic N) is 1. The molecule has 0 radical (unpaired) electrons. The molecule has 2 saturated heterocycles. The number of hydrogen-bond acceptors (Lipinski definition) is 4. The Morgan fingerprint density at radius 1 is 1.33 bits per heavy atom. The van der Waals surface area contributed by atoms with E-state index in [1.54, 1.807) is 0 Å². The van der Waals surface area contributed by atoms with Gasteiger partial charge in [0.15, 0.2) is 0 Å². The van der Waals surface area contributed by atoms with E-state index in [-0.39, 0.29) is 6.04 Å². The average Bonchev–Trinajstić information content (AvgIpc) is 2.62. The predicted molar refractivity (Wildman–Crippen MR) is 52.6 cm³/mol. The number of carboxylic acid groups (broad SMARTS) is 1. The summed E-state index contributed by atoms with van der Waals surface area (Å²) in [6.07, 6.45) is 1.61. The maximum atomic E-state index is 11.0. The molecule has 5 heteroatoms. The quantitative estimate of drug-likeness (QED) is 0.661. The number of aliphatic hydroxyl groups excluding tert-OH is 1. The van der Waals surface area contributed by atoms with Crippen LogP contribution in [0.2, 0.25) is 0 Å². The highest BCUT2D eigenvalue weighted by Crippen LogP contribution is 2.25. The molecule has 0 bridgehead atoms. The fourth-order valence-electron chi connectivity index (χ4n) is 2.50. The highest BCUT2D eigenvalue weighted by Gasteiger charge is 2.39. The maximum absolute atomic E-state index is 11.0. The van der Waals surface area contributed by atoms with Gasteiger partial charge in [0.05, 0.1) is 6.10 Å². The molecule has 2 atom stereocenters. The number of nitrogens with zero attached hydrogens (tertiary/aromatic N) is 1. The molecule has 86 valence electrons. The molecule has 0 spiro atoms. The summed E-state index contributed by atoms with van der Waals surface area (Å²) >= 11 is 0. The summed E-state index contributed by atoms with van der Waals surface area (Å²) in [5.41, 5.74) is 0. The van der Waals surface area contributed by atoms with Crippen molar-refractivity contribution in [3.63, 3.8) is 0 Å². The minimum Gasteiger partial charge on any atom is -0.480 e. The molecule has 0 saturated carbocycles. The Hall–Kier alpha value is -0.650. The standard InChI is InChI=1S/C10H17NO4/c12-8-5-9(10(13)14)11(6-8)7-1-3-15-4-2-7/h7-9,12H,1-6H2,(H,13,14). The van der Waals surface area contributed by atoms with Gasteiger partial charge in [-0.3, -0.25) is 9.69 Å². The summed E-state index contributed by atoms with van der Waals surface area (Å²) in [4.78, 5) is 12.9. The van der Waals surface area contributed by atoms with E-state index >= 15 is 0 Å². The third kappa shape index (κ3) is 2.30. The molecule has 2 aliphatic rings. The molecule has 2 heterocycles. The van der Waals surface area contributed by atoms with E-state index in [9.17, 15) is 9.90 Å². The van der Waals surface area contributed by atoms with Crippen molar-refractivity contribution in [2.24, 2.45) is 0 Å². The van der Waals surface area contributed by atoms with Crippen LogP contribution < -0.4 is 0 Å². The van der Waals surface area contributed by atoms with Gasteiger partial charge >= 0.3 is 5.97 Å². The Bertz CT molecular complexity index is 240. The van der Waals surface area contributed by atoms with Gasteiger partial charge in [0.1, 0.15) is 6.04 Å². The lowest BCUT2D eigenvalue weighted by Gasteiger charge is -2.33. The lowest BCUT2D eigenvalue weighted by atomic mass is 10.1. The molecule has 0 aromatic rings. The van der Waals surface area contributed by atoms with Crippen molar-refractivity contribution in [1.82, 2.24) is 4.90 Å². The molecule has 0 aliphatic carbocycles. The zero-order valence-corrected chi connectivity index (χ0v) is 8.63. The number of carbonyl (C=O) groups is 1. The van der Waals surface area contributed by atoms with E-state index in [2.05, 4.69) is 0 Å². The van der Waals surface area contributed by atoms with Crippen LogP contribution >= 0.6 is 0 Å². The van der Waals surface area contributed by atoms with E-state index in [4.69, 9.17) is 9.84 Å². The van der Waals surface area contributed by atoms with Crippen LogP contribution in [0.25, 0.3) is 0 Å². The molecule has 15 heavy (non-hydrogen) atoms. The minimum absolute atomic E-state index is 0.261. The van der Waals surface area contributed by atoms with Crippen LogP contribution in [0.15, 0.2) is 0 Å². The van der Waals surface area contributed by atoms with Crippen LogP contribution in [0.5, 0.6) is 0 Å². The molecule has 2 N–H and O–H groups in total. The molecular weight excluding hydrogens is 198 g/mol. The van der Waals surface area contributed by atoms with Gasteiger partial charge in [-0.25, -0.2) is 0 Å². The van der Waals surface area contributed by atoms with Crippen LogP contribution in [0.3, 0.4) is 0 Å². The second-order valence-corrected chi connectivity index (χ2v) is 4.28. The number of aliphatic carboxylic acids is 1. The van der Waals surface area contributed by atoms with Gasteiger partial charge in [-0.05, 0) is 12.8 Å². The summed E-state index contributed by atoms with van der Waals surface area (Å²) in [5, 5.41) is 18.6. The summed E-state index contributed by atoms with van der Waals surface area (Å²) in [5.74, 6) is -0.821. The Morgan fingerprint density at radius 2 is 2.00 bits per heavy atom. The van der Waals surface area contributed by atoms with Crippen molar-refractivity contribution in [3.05, 3.63) is 0 Å². The van der Waals surface area contributed by atoms with E-state index in [1.165, 1.54) is 0 Å². The van der Waals surface area contributed by atoms with Gasteiger partial charge in [0.25, 0.3) is 0 Å². The molecule has 2 aliphatic heterocycles. The zero-order valence-electron chi connectivity index (χ0n) is 8.63. The number of carboxylic acids is 1. The smallest absolute Gasteiger partial charge is 0.321 e. The highest BCUT2D eigenvalue weighted by atomic mass is 16.5. The Kier molecular flexibility index (Phi) is 3.23. The van der Waals surface area contributed by atoms with Crippen LogP contribution in [0.4, 0.5) is 0 Å². The van der Waals surface area contributed by atoms with Crippen molar-refractivity contribution in [1.29, 1.82) is 0 Å². The van der Waals surface area contributed by atoms with E-state index in [0.29, 0.717) is 26.2 Å². The minimum atomic E-state index is -0.821. The van der Waals surface area contributed by atoms with Crippen LogP contribution in [-0.4, -0.2) is 59.0 Å². The number of rotatable bonds is 2. The van der Waals surface area contributed by atoms with Gasteiger partial charge in [0.2, 0.25) is 0 Å². The fourth-order valence-corrected chi connectivity index (χ4v) is 2.50. The van der Waals surface area contributed by atoms with Crippen LogP contribution in [0.1, 0.15) is 19.3 Å². The first-order valence-corrected chi connectivity index (χ1v) is 5.43. The average molecular weight is 215 g/mol. The lowest BCUT2D eigenvalue weighted by molar-refractivity contribution is -0.143. The summed E-state index contributed by atoms with van der Waals surface area (Å²) in [6, 6.07) is -0.250. The number of aliphatic hydroxyl groups is 1. The number of likely N-dealkylation sites (tertiary alicyclic amines) is 1. The third-order valence-electron chi connectivity index (χ3n) is 3.26. The predicted octanol–water partition coefficient (Wildman–Crippen LogP) is -0.315. The molecule has 5 nitrogen and oxygen atoms in total. The molecule has 2 fully saturated rings. The van der Waals surface area contributed by atoms with Crippen LogP contribution in [0, 0.1) is 0 Å². The van der Waals surface area contributed by atoms with E-state index in [1.807, 2.05) is 4.90 Å². The Labute approximate surface area is 88.6 Å². The van der Waals surface area contributed by atoms with E-state index in [0.717, 1.165) is 12.8 Å². The van der Waals surface area contributed by atoms with Gasteiger partial charge in [-0.2, -0.15) is 0 Å². The topological polar surface area (TPSA) is 70.0 Å². The van der Waals surface area contributed by atoms with Crippen molar-refractivity contribution >= 4 is 5.97 Å². The second kappa shape index (κ2) is 4.47. The molecule has 2 unspecified atom stereocenters. The fraction of sp³-hybridized carbons (Fsp3) is 0.900. The summed E-state index contributed by atoms with van der Waals surface area (Å²) in [6.45, 7) is 1.88. The summed E-state index contributed by atoms with van der Waals surface area (Å²) in [7, 11) is 0. The van der Waals surface area contributed by atoms with E-state index < -0.39 is 18.1 Å². The molecule has 2 rings (SSSR count). The Morgan fingerprint density at radius 3 is 2.60 bits per heavy atom. The van der Waals surface area contributed by atoms with Gasteiger partial charge < -0.3 is 14.9 Å². The first-order chi connectivity index (χ1) is 7.18. The summed E-state index contributed by atoms with van der Waals surface area (Å²) < 4.78 is 5.25. The molecule has 0 amide bonds. The van der Waals surface area contributed by atoms with Crippen molar-refractivity contribution in [2.45, 2.75) is 37.5 Å². The zero-order chi connectivity index (χ0) is 10.8. The lowest BCUT2D eigenvalue weighted by Crippen LogP contribution is -2.45. The maximum Gasteiger partial charge on any atom is 0.321 e. The normalized spacial score (nSPS) is 34.5. The first-order valence-electron chi connectivity index (χ1n) is 5.43. The Balaban J connectivity index is 2.02. The van der Waals surface area contributed by atoms with Gasteiger partial charge in [-0.15, -0.1) is 0 Å². The monoisotopic (exact) mass is 215 g/mol. The highest BCUT2D eigenvalue weighted by molar-refractivity contribution is 5.74. The van der Waals surface area contributed by atoms with Gasteiger partial charge in [0, 0.05) is 32.2 Å². The second-order valence-electron chi connectivity index (χ2n) is 4.28. The van der Waals surface area contributed by atoms with Gasteiger partial charge in [-0.1, -0.05) is 0 Å². The number of hydrogen-bond donors (Lipinski definition) is 2. The van der Waals surface area contributed by atoms with Crippen molar-refractivity contribution in [2.75, 3.05) is 19.8 Å². The largest absolute Gasteiger partial charge is 0.480 e. The molecule has 0 aromatic carbocycles. The number of ether oxygens (including phenoxy) is 1. The van der Waals surface area contributed by atoms with Crippen molar-refractivity contribution in [3.8, 4) is 0 Å². The van der Waals surface area contributed by atoms with Crippen molar-refractivity contribution < 1.29 is 19.7 Å².